The Hall–Kier alpha value is -2.14. The van der Waals surface area contributed by atoms with E-state index in [9.17, 15) is 9.90 Å². The maximum atomic E-state index is 12.2. The number of hydrogen-bond acceptors (Lipinski definition) is 4. The molecule has 20 heavy (non-hydrogen) atoms. The Kier molecular flexibility index (Phi) is 3.52. The predicted octanol–water partition coefficient (Wildman–Crippen LogP) is 1.96. The van der Waals surface area contributed by atoms with Crippen LogP contribution in [0, 0.1) is 0 Å². The normalized spacial score (nSPS) is 18.9. The largest absolute Gasteiger partial charge is 0.493 e. The molecule has 0 amide bonds. The fourth-order valence-corrected chi connectivity index (χ4v) is 2.59. The number of aromatic amines is 1. The number of hydrogen-bond donors (Lipinski definition) is 3. The van der Waals surface area contributed by atoms with Gasteiger partial charge in [0.25, 0.3) is 5.56 Å². The molecular weight excluding hydrogens is 254 g/mol. The zero-order chi connectivity index (χ0) is 13.9. The van der Waals surface area contributed by atoms with Crippen molar-refractivity contribution >= 4 is 0 Å². The highest BCUT2D eigenvalue weighted by molar-refractivity contribution is 5.66. The van der Waals surface area contributed by atoms with E-state index >= 15 is 0 Å². The predicted molar refractivity (Wildman–Crippen MR) is 76.6 cm³/mol. The van der Waals surface area contributed by atoms with Crippen LogP contribution in [0.15, 0.2) is 35.1 Å². The number of benzene rings is 1. The lowest BCUT2D eigenvalue weighted by Gasteiger charge is -2.22. The highest BCUT2D eigenvalue weighted by Gasteiger charge is 2.20. The first-order chi connectivity index (χ1) is 9.75. The van der Waals surface area contributed by atoms with Crippen LogP contribution in [0.2, 0.25) is 0 Å². The fraction of sp³-hybridized carbons (Fsp3) is 0.333. The summed E-state index contributed by atoms with van der Waals surface area (Å²) >= 11 is 0. The molecule has 0 saturated carbocycles. The van der Waals surface area contributed by atoms with E-state index in [2.05, 4.69) is 15.3 Å². The summed E-state index contributed by atoms with van der Waals surface area (Å²) in [5.41, 5.74) is 0.595. The molecule has 3 rings (SSSR count). The number of nitrogens with one attached hydrogen (secondary N) is 2. The van der Waals surface area contributed by atoms with Crippen LogP contribution in [0.3, 0.4) is 0 Å². The molecule has 5 heteroatoms. The second-order valence-electron chi connectivity index (χ2n) is 5.02. The Balaban J connectivity index is 2.01. The van der Waals surface area contributed by atoms with Crippen LogP contribution in [-0.4, -0.2) is 21.6 Å². The van der Waals surface area contributed by atoms with Crippen molar-refractivity contribution in [1.82, 2.24) is 15.3 Å². The molecule has 1 aromatic heterocycles. The smallest absolute Gasteiger partial charge is 0.262 e. The second-order valence-corrected chi connectivity index (χ2v) is 5.02. The maximum Gasteiger partial charge on any atom is 0.262 e. The molecule has 1 unspecified atom stereocenters. The molecule has 5 nitrogen and oxygen atoms in total. The third-order valence-electron chi connectivity index (χ3n) is 3.62. The van der Waals surface area contributed by atoms with Gasteiger partial charge >= 0.3 is 0 Å². The van der Waals surface area contributed by atoms with E-state index < -0.39 is 0 Å². The molecular formula is C15H17N3O2. The number of piperidine rings is 1. The van der Waals surface area contributed by atoms with Gasteiger partial charge in [-0.2, -0.15) is 4.98 Å². The van der Waals surface area contributed by atoms with Crippen LogP contribution >= 0.6 is 0 Å². The number of H-pyrrole nitrogens is 1. The van der Waals surface area contributed by atoms with Crippen LogP contribution in [0.1, 0.15) is 31.1 Å². The van der Waals surface area contributed by atoms with Crippen molar-refractivity contribution in [2.75, 3.05) is 6.54 Å². The standard InChI is InChI=1S/C15H17N3O2/c19-14-12(10-6-2-1-3-7-10)15(20)18-13(17-14)11-8-4-5-9-16-11/h1-3,6-7,11,16H,4-5,8-9H2,(H2,17,18,19,20). The van der Waals surface area contributed by atoms with E-state index in [-0.39, 0.29) is 23.0 Å². The maximum absolute atomic E-state index is 12.2. The first kappa shape index (κ1) is 12.9. The zero-order valence-electron chi connectivity index (χ0n) is 11.1. The molecule has 1 fully saturated rings. The van der Waals surface area contributed by atoms with Crippen LogP contribution in [-0.2, 0) is 0 Å². The first-order valence-corrected chi connectivity index (χ1v) is 6.87. The SMILES string of the molecule is O=c1[nH]c(C2CCCCN2)nc(O)c1-c1ccccc1. The van der Waals surface area contributed by atoms with Gasteiger partial charge in [0.1, 0.15) is 11.4 Å². The van der Waals surface area contributed by atoms with Gasteiger partial charge in [-0.05, 0) is 24.9 Å². The van der Waals surface area contributed by atoms with Crippen LogP contribution in [0.5, 0.6) is 5.88 Å². The summed E-state index contributed by atoms with van der Waals surface area (Å²) in [5.74, 6) is 0.314. The third kappa shape index (κ3) is 2.44. The number of aromatic hydroxyl groups is 1. The van der Waals surface area contributed by atoms with Crippen molar-refractivity contribution in [3.8, 4) is 17.0 Å². The average Bonchev–Trinajstić information content (AvgIpc) is 2.48. The van der Waals surface area contributed by atoms with Crippen molar-refractivity contribution in [2.45, 2.75) is 25.3 Å². The van der Waals surface area contributed by atoms with Crippen LogP contribution in [0.25, 0.3) is 11.1 Å². The highest BCUT2D eigenvalue weighted by Crippen LogP contribution is 2.26. The number of rotatable bonds is 2. The van der Waals surface area contributed by atoms with Gasteiger partial charge in [0.2, 0.25) is 5.88 Å². The van der Waals surface area contributed by atoms with E-state index in [4.69, 9.17) is 0 Å². The summed E-state index contributed by atoms with van der Waals surface area (Å²) < 4.78 is 0. The van der Waals surface area contributed by atoms with Crippen molar-refractivity contribution in [3.05, 3.63) is 46.5 Å². The van der Waals surface area contributed by atoms with E-state index in [1.54, 1.807) is 12.1 Å². The quantitative estimate of drug-likeness (QED) is 0.780. The number of nitrogens with zero attached hydrogens (tertiary/aromatic N) is 1. The lowest BCUT2D eigenvalue weighted by Crippen LogP contribution is -2.30. The Bertz CT molecular complexity index is 646. The van der Waals surface area contributed by atoms with E-state index in [1.165, 1.54) is 0 Å². The van der Waals surface area contributed by atoms with Crippen molar-refractivity contribution in [3.63, 3.8) is 0 Å². The van der Waals surface area contributed by atoms with Gasteiger partial charge in [0.15, 0.2) is 0 Å². The Morgan fingerprint density at radius 2 is 2.00 bits per heavy atom. The van der Waals surface area contributed by atoms with Gasteiger partial charge in [-0.3, -0.25) is 4.79 Å². The Labute approximate surface area is 116 Å². The van der Waals surface area contributed by atoms with Crippen molar-refractivity contribution in [2.24, 2.45) is 0 Å². The summed E-state index contributed by atoms with van der Waals surface area (Å²) in [4.78, 5) is 19.2. The third-order valence-corrected chi connectivity index (χ3v) is 3.62. The van der Waals surface area contributed by atoms with Gasteiger partial charge in [0, 0.05) is 0 Å². The summed E-state index contributed by atoms with van der Waals surface area (Å²) in [6.07, 6.45) is 3.16. The van der Waals surface area contributed by atoms with Crippen molar-refractivity contribution in [1.29, 1.82) is 0 Å². The lowest BCUT2D eigenvalue weighted by atomic mass is 10.0. The van der Waals surface area contributed by atoms with Crippen molar-refractivity contribution < 1.29 is 5.11 Å². The lowest BCUT2D eigenvalue weighted by molar-refractivity contribution is 0.385. The molecule has 3 N–H and O–H groups in total. The Morgan fingerprint density at radius 3 is 2.65 bits per heavy atom. The summed E-state index contributed by atoms with van der Waals surface area (Å²) in [5, 5.41) is 13.4. The molecule has 104 valence electrons. The first-order valence-electron chi connectivity index (χ1n) is 6.87. The molecule has 1 aliphatic heterocycles. The van der Waals surface area contributed by atoms with E-state index in [0.29, 0.717) is 11.4 Å². The fourth-order valence-electron chi connectivity index (χ4n) is 2.59. The van der Waals surface area contributed by atoms with Gasteiger partial charge in [-0.25, -0.2) is 0 Å². The topological polar surface area (TPSA) is 78.0 Å². The molecule has 2 heterocycles. The summed E-state index contributed by atoms with van der Waals surface area (Å²) in [6.45, 7) is 0.912. The highest BCUT2D eigenvalue weighted by atomic mass is 16.3. The second kappa shape index (κ2) is 5.46. The molecule has 0 bridgehead atoms. The monoisotopic (exact) mass is 271 g/mol. The van der Waals surface area contributed by atoms with Gasteiger partial charge in [-0.1, -0.05) is 36.8 Å². The van der Waals surface area contributed by atoms with E-state index in [0.717, 1.165) is 25.8 Å². The van der Waals surface area contributed by atoms with Crippen LogP contribution < -0.4 is 10.9 Å². The van der Waals surface area contributed by atoms with E-state index in [1.807, 2.05) is 18.2 Å². The molecule has 0 spiro atoms. The molecule has 1 aliphatic rings. The average molecular weight is 271 g/mol. The van der Waals surface area contributed by atoms with Gasteiger partial charge < -0.3 is 15.4 Å². The molecule has 1 saturated heterocycles. The molecule has 0 radical (unpaired) electrons. The van der Waals surface area contributed by atoms with Gasteiger partial charge in [-0.15, -0.1) is 0 Å². The number of aromatic nitrogens is 2. The summed E-state index contributed by atoms with van der Waals surface area (Å²) in [6, 6.07) is 9.10. The Morgan fingerprint density at radius 1 is 1.20 bits per heavy atom. The summed E-state index contributed by atoms with van der Waals surface area (Å²) in [7, 11) is 0. The molecule has 0 aliphatic carbocycles. The van der Waals surface area contributed by atoms with Gasteiger partial charge in [0.05, 0.1) is 6.04 Å². The molecule has 2 aromatic rings. The minimum absolute atomic E-state index is 0.0205. The minimum atomic E-state index is -0.300. The zero-order valence-corrected chi connectivity index (χ0v) is 11.1. The molecule has 1 atom stereocenters. The minimum Gasteiger partial charge on any atom is -0.493 e. The van der Waals surface area contributed by atoms with Crippen LogP contribution in [0.4, 0.5) is 0 Å². The molecule has 1 aromatic carbocycles.